The summed E-state index contributed by atoms with van der Waals surface area (Å²) < 4.78 is 0.999. The number of benzene rings is 2. The fourth-order valence-electron chi connectivity index (χ4n) is 1.93. The van der Waals surface area contributed by atoms with Gasteiger partial charge in [0.05, 0.1) is 11.4 Å². The molecule has 3 heteroatoms. The highest BCUT2D eigenvalue weighted by molar-refractivity contribution is 9.10. The lowest BCUT2D eigenvalue weighted by atomic mass is 10.1. The molecule has 2 aromatic rings. The van der Waals surface area contributed by atoms with Gasteiger partial charge in [-0.05, 0) is 42.3 Å². The van der Waals surface area contributed by atoms with Gasteiger partial charge in [-0.15, -0.1) is 0 Å². The van der Waals surface area contributed by atoms with Crippen molar-refractivity contribution in [2.75, 3.05) is 17.7 Å². The molecule has 18 heavy (non-hydrogen) atoms. The van der Waals surface area contributed by atoms with E-state index < -0.39 is 0 Å². The number of anilines is 3. The van der Waals surface area contributed by atoms with Gasteiger partial charge in [0.2, 0.25) is 0 Å². The van der Waals surface area contributed by atoms with Gasteiger partial charge in [-0.3, -0.25) is 0 Å². The molecular weight excluding hydrogens is 288 g/mol. The number of rotatable bonds is 3. The third-order valence-electron chi connectivity index (χ3n) is 3.08. The molecule has 0 saturated carbocycles. The van der Waals surface area contributed by atoms with Crippen LogP contribution in [-0.2, 0) is 6.42 Å². The number of nitrogens with two attached hydrogens (primary N) is 1. The van der Waals surface area contributed by atoms with E-state index in [4.69, 9.17) is 5.73 Å². The van der Waals surface area contributed by atoms with Gasteiger partial charge in [-0.1, -0.05) is 35.0 Å². The minimum absolute atomic E-state index is 0.770. The first-order valence-corrected chi connectivity index (χ1v) is 6.79. The Morgan fingerprint density at radius 1 is 1.11 bits per heavy atom. The van der Waals surface area contributed by atoms with Gasteiger partial charge in [0.1, 0.15) is 0 Å². The highest BCUT2D eigenvalue weighted by atomic mass is 79.9. The summed E-state index contributed by atoms with van der Waals surface area (Å²) in [7, 11) is 2.03. The smallest absolute Gasteiger partial charge is 0.0642 e. The van der Waals surface area contributed by atoms with Crippen LogP contribution < -0.4 is 10.6 Å². The van der Waals surface area contributed by atoms with Crippen molar-refractivity contribution in [3.63, 3.8) is 0 Å². The quantitative estimate of drug-likeness (QED) is 0.854. The second-order valence-corrected chi connectivity index (χ2v) is 5.20. The molecule has 0 radical (unpaired) electrons. The molecule has 0 aromatic heterocycles. The predicted molar refractivity (Wildman–Crippen MR) is 82.4 cm³/mol. The molecule has 2 aromatic carbocycles. The van der Waals surface area contributed by atoms with E-state index in [1.165, 1.54) is 5.56 Å². The van der Waals surface area contributed by atoms with Crippen molar-refractivity contribution in [1.82, 2.24) is 0 Å². The molecule has 0 unspecified atom stereocenters. The zero-order valence-corrected chi connectivity index (χ0v) is 12.2. The molecule has 0 saturated heterocycles. The normalized spacial score (nSPS) is 10.4. The second-order valence-electron chi connectivity index (χ2n) is 4.28. The molecule has 0 amide bonds. The Morgan fingerprint density at radius 3 is 2.33 bits per heavy atom. The summed E-state index contributed by atoms with van der Waals surface area (Å²) in [5.74, 6) is 0. The highest BCUT2D eigenvalue weighted by Gasteiger charge is 2.07. The van der Waals surface area contributed by atoms with E-state index in [0.717, 1.165) is 28.0 Å². The average Bonchev–Trinajstić information content (AvgIpc) is 2.38. The maximum atomic E-state index is 6.04. The standard InChI is InChI=1S/C15H17BrN2/c1-3-11-4-7-13(8-5-11)18(2)15-9-6-12(16)10-14(15)17/h4-10H,3,17H2,1-2H3. The Kier molecular flexibility index (Phi) is 3.92. The fraction of sp³-hybridized carbons (Fsp3) is 0.200. The number of nitrogen functional groups attached to an aromatic ring is 1. The SMILES string of the molecule is CCc1ccc(N(C)c2ccc(Br)cc2N)cc1. The van der Waals surface area contributed by atoms with Crippen molar-refractivity contribution in [3.8, 4) is 0 Å². The third-order valence-corrected chi connectivity index (χ3v) is 3.58. The van der Waals surface area contributed by atoms with Gasteiger partial charge < -0.3 is 10.6 Å². The average molecular weight is 305 g/mol. The fourth-order valence-corrected chi connectivity index (χ4v) is 2.30. The lowest BCUT2D eigenvalue weighted by Crippen LogP contribution is -2.11. The first kappa shape index (κ1) is 13.0. The first-order chi connectivity index (χ1) is 8.61. The zero-order valence-electron chi connectivity index (χ0n) is 10.7. The van der Waals surface area contributed by atoms with E-state index in [9.17, 15) is 0 Å². The van der Waals surface area contributed by atoms with Crippen LogP contribution in [0, 0.1) is 0 Å². The number of hydrogen-bond donors (Lipinski definition) is 1. The van der Waals surface area contributed by atoms with E-state index in [1.54, 1.807) is 0 Å². The van der Waals surface area contributed by atoms with Gasteiger partial charge in [0.15, 0.2) is 0 Å². The number of aryl methyl sites for hydroxylation is 1. The highest BCUT2D eigenvalue weighted by Crippen LogP contribution is 2.31. The molecule has 0 aliphatic heterocycles. The number of halogens is 1. The van der Waals surface area contributed by atoms with E-state index in [2.05, 4.69) is 52.0 Å². The van der Waals surface area contributed by atoms with E-state index >= 15 is 0 Å². The second kappa shape index (κ2) is 5.44. The van der Waals surface area contributed by atoms with Crippen LogP contribution in [0.1, 0.15) is 12.5 Å². The molecule has 2 N–H and O–H groups in total. The Hall–Kier alpha value is -1.48. The molecule has 2 rings (SSSR count). The topological polar surface area (TPSA) is 29.3 Å². The Balaban J connectivity index is 2.31. The first-order valence-electron chi connectivity index (χ1n) is 5.99. The van der Waals surface area contributed by atoms with E-state index in [0.29, 0.717) is 0 Å². The van der Waals surface area contributed by atoms with Crippen molar-refractivity contribution in [3.05, 3.63) is 52.5 Å². The van der Waals surface area contributed by atoms with Gasteiger partial charge >= 0.3 is 0 Å². The van der Waals surface area contributed by atoms with Crippen LogP contribution in [0.15, 0.2) is 46.9 Å². The molecule has 0 aliphatic carbocycles. The van der Waals surface area contributed by atoms with Crippen LogP contribution in [-0.4, -0.2) is 7.05 Å². The Morgan fingerprint density at radius 2 is 1.78 bits per heavy atom. The zero-order chi connectivity index (χ0) is 13.1. The van der Waals surface area contributed by atoms with E-state index in [1.807, 2.05) is 25.2 Å². The van der Waals surface area contributed by atoms with Crippen LogP contribution in [0.5, 0.6) is 0 Å². The molecule has 0 aliphatic rings. The van der Waals surface area contributed by atoms with Crippen molar-refractivity contribution in [2.24, 2.45) is 0 Å². The lowest BCUT2D eigenvalue weighted by Gasteiger charge is -2.21. The maximum absolute atomic E-state index is 6.04. The van der Waals surface area contributed by atoms with Crippen LogP contribution in [0.4, 0.5) is 17.1 Å². The van der Waals surface area contributed by atoms with Gasteiger partial charge in [-0.2, -0.15) is 0 Å². The van der Waals surface area contributed by atoms with Crippen LogP contribution in [0.2, 0.25) is 0 Å². The van der Waals surface area contributed by atoms with Crippen LogP contribution >= 0.6 is 15.9 Å². The van der Waals surface area contributed by atoms with Crippen molar-refractivity contribution >= 4 is 33.0 Å². The Labute approximate surface area is 117 Å². The molecule has 0 bridgehead atoms. The summed E-state index contributed by atoms with van der Waals surface area (Å²) in [6.45, 7) is 2.16. The lowest BCUT2D eigenvalue weighted by molar-refractivity contribution is 1.13. The van der Waals surface area contributed by atoms with E-state index in [-0.39, 0.29) is 0 Å². The molecule has 0 fully saturated rings. The van der Waals surface area contributed by atoms with Crippen molar-refractivity contribution in [2.45, 2.75) is 13.3 Å². The van der Waals surface area contributed by atoms with Crippen molar-refractivity contribution in [1.29, 1.82) is 0 Å². The van der Waals surface area contributed by atoms with Crippen LogP contribution in [0.25, 0.3) is 0 Å². The molecular formula is C15H17BrN2. The largest absolute Gasteiger partial charge is 0.397 e. The third kappa shape index (κ3) is 2.67. The minimum Gasteiger partial charge on any atom is -0.397 e. The number of nitrogens with zero attached hydrogens (tertiary/aromatic N) is 1. The summed E-state index contributed by atoms with van der Waals surface area (Å²) in [5, 5.41) is 0. The molecule has 94 valence electrons. The summed E-state index contributed by atoms with van der Waals surface area (Å²) in [6, 6.07) is 14.5. The molecule has 2 nitrogen and oxygen atoms in total. The monoisotopic (exact) mass is 304 g/mol. The van der Waals surface area contributed by atoms with Gasteiger partial charge in [0, 0.05) is 17.2 Å². The molecule has 0 heterocycles. The predicted octanol–water partition coefficient (Wildman–Crippen LogP) is 4.36. The summed E-state index contributed by atoms with van der Waals surface area (Å²) in [6.07, 6.45) is 1.06. The van der Waals surface area contributed by atoms with Gasteiger partial charge in [-0.25, -0.2) is 0 Å². The minimum atomic E-state index is 0.770. The molecule has 0 spiro atoms. The molecule has 0 atom stereocenters. The number of hydrogen-bond acceptors (Lipinski definition) is 2. The summed E-state index contributed by atoms with van der Waals surface area (Å²) in [5.41, 5.74) is 10.3. The summed E-state index contributed by atoms with van der Waals surface area (Å²) in [4.78, 5) is 2.10. The van der Waals surface area contributed by atoms with Crippen LogP contribution in [0.3, 0.4) is 0 Å². The Bertz CT molecular complexity index is 535. The van der Waals surface area contributed by atoms with Crippen molar-refractivity contribution < 1.29 is 0 Å². The summed E-state index contributed by atoms with van der Waals surface area (Å²) >= 11 is 3.42. The van der Waals surface area contributed by atoms with Gasteiger partial charge in [0.25, 0.3) is 0 Å². The maximum Gasteiger partial charge on any atom is 0.0642 e.